The van der Waals surface area contributed by atoms with Crippen molar-refractivity contribution in [1.29, 1.82) is 0 Å². The summed E-state index contributed by atoms with van der Waals surface area (Å²) in [6.07, 6.45) is 2.65. The van der Waals surface area contributed by atoms with E-state index in [0.717, 1.165) is 12.8 Å². The van der Waals surface area contributed by atoms with Crippen LogP contribution in [0.5, 0.6) is 0 Å². The molecule has 0 saturated heterocycles. The Hall–Kier alpha value is -1.64. The first-order chi connectivity index (χ1) is 8.58. The second-order valence-corrected chi connectivity index (χ2v) is 4.36. The van der Waals surface area contributed by atoms with Gasteiger partial charge in [0.1, 0.15) is 0 Å². The van der Waals surface area contributed by atoms with Crippen LogP contribution in [0.1, 0.15) is 54.6 Å². The first-order valence-corrected chi connectivity index (χ1v) is 6.45. The molecule has 0 aliphatic heterocycles. The molecule has 1 aromatic carbocycles. The van der Waals surface area contributed by atoms with E-state index in [1.54, 1.807) is 0 Å². The zero-order valence-corrected chi connectivity index (χ0v) is 11.0. The third-order valence-corrected chi connectivity index (χ3v) is 3.08. The van der Waals surface area contributed by atoms with E-state index in [1.807, 2.05) is 18.2 Å². The van der Waals surface area contributed by atoms with Crippen molar-refractivity contribution in [2.24, 2.45) is 0 Å². The highest BCUT2D eigenvalue weighted by atomic mass is 16.4. The summed E-state index contributed by atoms with van der Waals surface area (Å²) < 4.78 is 0. The van der Waals surface area contributed by atoms with Crippen molar-refractivity contribution >= 4 is 11.8 Å². The third-order valence-electron chi connectivity index (χ3n) is 3.08. The molecule has 3 nitrogen and oxygen atoms in total. The molecule has 0 aromatic heterocycles. The summed E-state index contributed by atoms with van der Waals surface area (Å²) in [5.74, 6) is -0.813. The second kappa shape index (κ2) is 6.94. The predicted molar refractivity (Wildman–Crippen MR) is 71.0 cm³/mol. The van der Waals surface area contributed by atoms with Crippen LogP contribution in [0.15, 0.2) is 18.2 Å². The molecule has 0 unspecified atom stereocenters. The number of aliphatic carboxylic acids is 1. The number of aryl methyl sites for hydroxylation is 2. The Morgan fingerprint density at radius 3 is 2.28 bits per heavy atom. The first-order valence-electron chi connectivity index (χ1n) is 6.45. The zero-order valence-electron chi connectivity index (χ0n) is 11.0. The second-order valence-electron chi connectivity index (χ2n) is 4.36. The molecule has 0 fully saturated rings. The van der Waals surface area contributed by atoms with Crippen LogP contribution in [0.25, 0.3) is 0 Å². The molecule has 1 aromatic rings. The van der Waals surface area contributed by atoms with E-state index in [0.29, 0.717) is 18.4 Å². The van der Waals surface area contributed by atoms with Gasteiger partial charge >= 0.3 is 5.97 Å². The van der Waals surface area contributed by atoms with Gasteiger partial charge in [0.25, 0.3) is 0 Å². The van der Waals surface area contributed by atoms with E-state index in [1.165, 1.54) is 11.1 Å². The van der Waals surface area contributed by atoms with Crippen molar-refractivity contribution in [2.75, 3.05) is 0 Å². The van der Waals surface area contributed by atoms with Gasteiger partial charge in [-0.15, -0.1) is 0 Å². The van der Waals surface area contributed by atoms with Gasteiger partial charge in [0.2, 0.25) is 0 Å². The van der Waals surface area contributed by atoms with Gasteiger partial charge in [0.05, 0.1) is 0 Å². The van der Waals surface area contributed by atoms with Crippen molar-refractivity contribution in [3.8, 4) is 0 Å². The minimum absolute atomic E-state index is 0.0357. The van der Waals surface area contributed by atoms with Crippen LogP contribution < -0.4 is 0 Å². The molecule has 0 heterocycles. The lowest BCUT2D eigenvalue weighted by Gasteiger charge is -2.08. The lowest BCUT2D eigenvalue weighted by Crippen LogP contribution is -2.03. The van der Waals surface area contributed by atoms with E-state index < -0.39 is 5.97 Å². The summed E-state index contributed by atoms with van der Waals surface area (Å²) in [6.45, 7) is 4.18. The lowest BCUT2D eigenvalue weighted by atomic mass is 9.97. The number of benzene rings is 1. The molecule has 0 amide bonds. The predicted octanol–water partition coefficient (Wildman–Crippen LogP) is 3.25. The SMILES string of the molecule is CCc1ccc(C(=O)CCCC(=O)O)cc1CC. The van der Waals surface area contributed by atoms with E-state index >= 15 is 0 Å². The van der Waals surface area contributed by atoms with E-state index in [2.05, 4.69) is 13.8 Å². The molecular weight excluding hydrogens is 228 g/mol. The number of carbonyl (C=O) groups excluding carboxylic acids is 1. The maximum absolute atomic E-state index is 11.9. The van der Waals surface area contributed by atoms with Gasteiger partial charge in [-0.3, -0.25) is 9.59 Å². The van der Waals surface area contributed by atoms with Crippen LogP contribution >= 0.6 is 0 Å². The molecule has 1 rings (SSSR count). The van der Waals surface area contributed by atoms with Crippen LogP contribution in [-0.2, 0) is 17.6 Å². The number of rotatable bonds is 7. The van der Waals surface area contributed by atoms with E-state index in [9.17, 15) is 9.59 Å². The molecule has 0 radical (unpaired) electrons. The monoisotopic (exact) mass is 248 g/mol. The number of carboxylic acid groups (broad SMARTS) is 1. The summed E-state index contributed by atoms with van der Waals surface area (Å²) in [5, 5.41) is 8.54. The number of ketones is 1. The Kier molecular flexibility index (Phi) is 5.56. The number of Topliss-reactive ketones (excluding diaryl/α,β-unsaturated/α-hetero) is 1. The molecular formula is C15H20O3. The first kappa shape index (κ1) is 14.4. The highest BCUT2D eigenvalue weighted by molar-refractivity contribution is 5.96. The fourth-order valence-electron chi connectivity index (χ4n) is 2.02. The minimum atomic E-state index is -0.849. The molecule has 18 heavy (non-hydrogen) atoms. The number of carboxylic acids is 1. The largest absolute Gasteiger partial charge is 0.481 e. The quantitative estimate of drug-likeness (QED) is 0.753. The average Bonchev–Trinajstić information content (AvgIpc) is 2.37. The number of hydrogen-bond donors (Lipinski definition) is 1. The van der Waals surface area contributed by atoms with Crippen LogP contribution in [-0.4, -0.2) is 16.9 Å². The van der Waals surface area contributed by atoms with Gasteiger partial charge < -0.3 is 5.11 Å². The molecule has 0 aliphatic rings. The summed E-state index contributed by atoms with van der Waals surface area (Å²) in [7, 11) is 0. The Balaban J connectivity index is 2.71. The van der Waals surface area contributed by atoms with E-state index in [4.69, 9.17) is 5.11 Å². The fraction of sp³-hybridized carbons (Fsp3) is 0.467. The smallest absolute Gasteiger partial charge is 0.303 e. The molecule has 98 valence electrons. The summed E-state index contributed by atoms with van der Waals surface area (Å²) in [5.41, 5.74) is 3.19. The highest BCUT2D eigenvalue weighted by Crippen LogP contribution is 2.16. The van der Waals surface area contributed by atoms with Crippen molar-refractivity contribution in [3.63, 3.8) is 0 Å². The zero-order chi connectivity index (χ0) is 13.5. The Morgan fingerprint density at radius 1 is 1.06 bits per heavy atom. The van der Waals surface area contributed by atoms with E-state index in [-0.39, 0.29) is 12.2 Å². The van der Waals surface area contributed by atoms with Crippen LogP contribution in [0.3, 0.4) is 0 Å². The van der Waals surface area contributed by atoms with Crippen molar-refractivity contribution in [3.05, 3.63) is 34.9 Å². The number of hydrogen-bond acceptors (Lipinski definition) is 2. The lowest BCUT2D eigenvalue weighted by molar-refractivity contribution is -0.137. The maximum Gasteiger partial charge on any atom is 0.303 e. The molecule has 0 saturated carbocycles. The topological polar surface area (TPSA) is 54.4 Å². The average molecular weight is 248 g/mol. The van der Waals surface area contributed by atoms with Gasteiger partial charge in [-0.25, -0.2) is 0 Å². The summed E-state index contributed by atoms with van der Waals surface area (Å²) >= 11 is 0. The molecule has 0 bridgehead atoms. The van der Waals surface area contributed by atoms with Crippen molar-refractivity contribution < 1.29 is 14.7 Å². The van der Waals surface area contributed by atoms with Crippen molar-refractivity contribution in [1.82, 2.24) is 0 Å². The highest BCUT2D eigenvalue weighted by Gasteiger charge is 2.09. The Morgan fingerprint density at radius 2 is 1.72 bits per heavy atom. The molecule has 0 aliphatic carbocycles. The summed E-state index contributed by atoms with van der Waals surface area (Å²) in [6, 6.07) is 5.80. The Bertz CT molecular complexity index is 435. The standard InChI is InChI=1S/C15H20O3/c1-3-11-8-9-13(10-12(11)4-2)14(16)6-5-7-15(17)18/h8-10H,3-7H2,1-2H3,(H,17,18). The number of carbonyl (C=O) groups is 2. The molecule has 3 heteroatoms. The maximum atomic E-state index is 11.9. The molecule has 1 N–H and O–H groups in total. The van der Waals surface area contributed by atoms with Crippen LogP contribution in [0, 0.1) is 0 Å². The third kappa shape index (κ3) is 3.99. The van der Waals surface area contributed by atoms with Crippen LogP contribution in [0.2, 0.25) is 0 Å². The van der Waals surface area contributed by atoms with Gasteiger partial charge in [-0.05, 0) is 36.5 Å². The van der Waals surface area contributed by atoms with Gasteiger partial charge in [0.15, 0.2) is 5.78 Å². The van der Waals surface area contributed by atoms with Crippen molar-refractivity contribution in [2.45, 2.75) is 46.0 Å². The van der Waals surface area contributed by atoms with Gasteiger partial charge in [0, 0.05) is 18.4 Å². The van der Waals surface area contributed by atoms with Gasteiger partial charge in [-0.2, -0.15) is 0 Å². The van der Waals surface area contributed by atoms with Crippen LogP contribution in [0.4, 0.5) is 0 Å². The normalized spacial score (nSPS) is 10.3. The minimum Gasteiger partial charge on any atom is -0.481 e. The van der Waals surface area contributed by atoms with Gasteiger partial charge in [-0.1, -0.05) is 26.0 Å². The summed E-state index contributed by atoms with van der Waals surface area (Å²) in [4.78, 5) is 22.3. The fourth-order valence-corrected chi connectivity index (χ4v) is 2.02. The molecule has 0 atom stereocenters. The Labute approximate surface area is 108 Å². The molecule has 0 spiro atoms.